The molecule has 3 aromatic carbocycles. The van der Waals surface area contributed by atoms with Gasteiger partial charge in [-0.2, -0.15) is 0 Å². The van der Waals surface area contributed by atoms with Crippen LogP contribution < -0.4 is 0 Å². The van der Waals surface area contributed by atoms with Gasteiger partial charge in [0.25, 0.3) is 0 Å². The molecule has 0 fully saturated rings. The molecule has 4 aromatic rings. The van der Waals surface area contributed by atoms with Gasteiger partial charge >= 0.3 is 0 Å². The fourth-order valence-electron chi connectivity index (χ4n) is 2.70. The maximum atomic E-state index is 10.0. The predicted octanol–water partition coefficient (Wildman–Crippen LogP) is 4.31. The zero-order valence-corrected chi connectivity index (χ0v) is 12.2. The third kappa shape index (κ3) is 2.40. The van der Waals surface area contributed by atoms with E-state index in [1.807, 2.05) is 30.3 Å². The molecular formula is C19H14N2O2. The molecule has 4 nitrogen and oxygen atoms in total. The SMILES string of the molecule is Oc1ccc(-c2nc3c(-c4ccccc4)cc(O)cc3[nH]2)cc1. The topological polar surface area (TPSA) is 69.1 Å². The quantitative estimate of drug-likeness (QED) is 0.517. The summed E-state index contributed by atoms with van der Waals surface area (Å²) in [6, 6.07) is 20.1. The third-order valence-electron chi connectivity index (χ3n) is 3.80. The standard InChI is InChI=1S/C19H14N2O2/c22-14-8-6-13(7-9-14)19-20-17-11-15(23)10-16(18(17)21-19)12-4-2-1-3-5-12/h1-11,22-23H,(H,20,21). The Kier molecular flexibility index (Phi) is 3.01. The molecule has 0 atom stereocenters. The number of aromatic hydroxyl groups is 2. The van der Waals surface area contributed by atoms with E-state index < -0.39 is 0 Å². The van der Waals surface area contributed by atoms with Crippen molar-refractivity contribution in [2.24, 2.45) is 0 Å². The number of hydrogen-bond donors (Lipinski definition) is 3. The maximum absolute atomic E-state index is 10.0. The number of aromatic nitrogens is 2. The fraction of sp³-hybridized carbons (Fsp3) is 0. The fourth-order valence-corrected chi connectivity index (χ4v) is 2.70. The van der Waals surface area contributed by atoms with Gasteiger partial charge in [0.2, 0.25) is 0 Å². The summed E-state index contributed by atoms with van der Waals surface area (Å²) in [5, 5.41) is 19.4. The molecular weight excluding hydrogens is 288 g/mol. The van der Waals surface area contributed by atoms with E-state index >= 15 is 0 Å². The normalized spacial score (nSPS) is 11.0. The molecule has 1 heterocycles. The lowest BCUT2D eigenvalue weighted by atomic mass is 10.0. The summed E-state index contributed by atoms with van der Waals surface area (Å²) in [5.41, 5.74) is 4.32. The number of fused-ring (bicyclic) bond motifs is 1. The summed E-state index contributed by atoms with van der Waals surface area (Å²) in [5.74, 6) is 1.10. The van der Waals surface area contributed by atoms with Gasteiger partial charge in [0.05, 0.1) is 11.0 Å². The highest BCUT2D eigenvalue weighted by Gasteiger charge is 2.12. The largest absolute Gasteiger partial charge is 0.508 e. The van der Waals surface area contributed by atoms with Crippen molar-refractivity contribution < 1.29 is 10.2 Å². The van der Waals surface area contributed by atoms with E-state index in [4.69, 9.17) is 0 Å². The van der Waals surface area contributed by atoms with Crippen LogP contribution >= 0.6 is 0 Å². The number of rotatable bonds is 2. The smallest absolute Gasteiger partial charge is 0.138 e. The second-order valence-electron chi connectivity index (χ2n) is 5.39. The lowest BCUT2D eigenvalue weighted by Gasteiger charge is -2.03. The molecule has 112 valence electrons. The summed E-state index contributed by atoms with van der Waals surface area (Å²) in [6.07, 6.45) is 0. The molecule has 3 N–H and O–H groups in total. The lowest BCUT2D eigenvalue weighted by Crippen LogP contribution is -1.81. The van der Waals surface area contributed by atoms with Gasteiger partial charge in [-0.3, -0.25) is 0 Å². The van der Waals surface area contributed by atoms with Crippen LogP contribution in [0.1, 0.15) is 0 Å². The van der Waals surface area contributed by atoms with Crippen LogP contribution in [-0.2, 0) is 0 Å². The number of nitrogens with zero attached hydrogens (tertiary/aromatic N) is 1. The van der Waals surface area contributed by atoms with E-state index in [1.165, 1.54) is 0 Å². The molecule has 1 aromatic heterocycles. The van der Waals surface area contributed by atoms with Crippen LogP contribution in [0.25, 0.3) is 33.5 Å². The van der Waals surface area contributed by atoms with E-state index in [1.54, 1.807) is 36.4 Å². The predicted molar refractivity (Wildman–Crippen MR) is 90.3 cm³/mol. The number of phenols is 2. The summed E-state index contributed by atoms with van der Waals surface area (Å²) in [4.78, 5) is 7.91. The van der Waals surface area contributed by atoms with Crippen molar-refractivity contribution in [2.75, 3.05) is 0 Å². The van der Waals surface area contributed by atoms with E-state index in [2.05, 4.69) is 9.97 Å². The minimum absolute atomic E-state index is 0.192. The monoisotopic (exact) mass is 302 g/mol. The summed E-state index contributed by atoms with van der Waals surface area (Å²) in [6.45, 7) is 0. The van der Waals surface area contributed by atoms with Gasteiger partial charge < -0.3 is 15.2 Å². The Labute approximate surface area is 132 Å². The highest BCUT2D eigenvalue weighted by atomic mass is 16.3. The van der Waals surface area contributed by atoms with E-state index in [0.717, 1.165) is 27.7 Å². The van der Waals surface area contributed by atoms with E-state index in [-0.39, 0.29) is 11.5 Å². The first-order valence-electron chi connectivity index (χ1n) is 7.28. The molecule has 0 spiro atoms. The first kappa shape index (κ1) is 13.4. The Balaban J connectivity index is 1.93. The molecule has 0 radical (unpaired) electrons. The molecule has 0 saturated heterocycles. The van der Waals surface area contributed by atoms with Crippen molar-refractivity contribution in [1.82, 2.24) is 9.97 Å². The molecule has 0 aliphatic carbocycles. The van der Waals surface area contributed by atoms with Crippen LogP contribution in [0.5, 0.6) is 11.5 Å². The van der Waals surface area contributed by atoms with Crippen LogP contribution in [0.4, 0.5) is 0 Å². The molecule has 0 bridgehead atoms. The number of hydrogen-bond acceptors (Lipinski definition) is 3. The molecule has 4 rings (SSSR count). The minimum Gasteiger partial charge on any atom is -0.508 e. The van der Waals surface area contributed by atoms with Crippen LogP contribution in [0.15, 0.2) is 66.7 Å². The zero-order chi connectivity index (χ0) is 15.8. The number of phenolic OH excluding ortho intramolecular Hbond substituents is 2. The van der Waals surface area contributed by atoms with Gasteiger partial charge in [0.1, 0.15) is 17.3 Å². The Bertz CT molecular complexity index is 974. The summed E-state index contributed by atoms with van der Waals surface area (Å²) < 4.78 is 0. The van der Waals surface area contributed by atoms with Crippen molar-refractivity contribution in [3.05, 3.63) is 66.7 Å². The molecule has 0 amide bonds. The van der Waals surface area contributed by atoms with E-state index in [0.29, 0.717) is 5.82 Å². The lowest BCUT2D eigenvalue weighted by molar-refractivity contribution is 0.475. The first-order chi connectivity index (χ1) is 11.2. The molecule has 23 heavy (non-hydrogen) atoms. The van der Waals surface area contributed by atoms with Gasteiger partial charge in [-0.25, -0.2) is 4.98 Å². The third-order valence-corrected chi connectivity index (χ3v) is 3.80. The zero-order valence-electron chi connectivity index (χ0n) is 12.2. The maximum Gasteiger partial charge on any atom is 0.138 e. The number of benzene rings is 3. The van der Waals surface area contributed by atoms with Crippen LogP contribution in [0.3, 0.4) is 0 Å². The van der Waals surface area contributed by atoms with Crippen LogP contribution in [0.2, 0.25) is 0 Å². The summed E-state index contributed by atoms with van der Waals surface area (Å²) in [7, 11) is 0. The van der Waals surface area contributed by atoms with Gasteiger partial charge in [0, 0.05) is 17.2 Å². The average molecular weight is 302 g/mol. The second kappa shape index (κ2) is 5.18. The number of aromatic amines is 1. The minimum atomic E-state index is 0.192. The van der Waals surface area contributed by atoms with Crippen molar-refractivity contribution in [3.8, 4) is 34.0 Å². The van der Waals surface area contributed by atoms with Crippen molar-refractivity contribution in [3.63, 3.8) is 0 Å². The molecule has 4 heteroatoms. The second-order valence-corrected chi connectivity index (χ2v) is 5.39. The molecule has 0 saturated carbocycles. The van der Waals surface area contributed by atoms with Gasteiger partial charge in [-0.15, -0.1) is 0 Å². The Morgan fingerprint density at radius 3 is 2.22 bits per heavy atom. The van der Waals surface area contributed by atoms with Crippen molar-refractivity contribution in [1.29, 1.82) is 0 Å². The van der Waals surface area contributed by atoms with Crippen LogP contribution in [-0.4, -0.2) is 20.2 Å². The molecule has 0 unspecified atom stereocenters. The highest BCUT2D eigenvalue weighted by molar-refractivity contribution is 5.95. The number of nitrogens with one attached hydrogen (secondary N) is 1. The van der Waals surface area contributed by atoms with Crippen molar-refractivity contribution >= 4 is 11.0 Å². The number of imidazole rings is 1. The Morgan fingerprint density at radius 1 is 0.739 bits per heavy atom. The van der Waals surface area contributed by atoms with Crippen LogP contribution in [0, 0.1) is 0 Å². The number of H-pyrrole nitrogens is 1. The van der Waals surface area contributed by atoms with E-state index in [9.17, 15) is 10.2 Å². The molecule has 0 aliphatic heterocycles. The van der Waals surface area contributed by atoms with Gasteiger partial charge in [-0.1, -0.05) is 30.3 Å². The van der Waals surface area contributed by atoms with Crippen molar-refractivity contribution in [2.45, 2.75) is 0 Å². The average Bonchev–Trinajstić information content (AvgIpc) is 2.99. The Hall–Kier alpha value is -3.27. The van der Waals surface area contributed by atoms with Gasteiger partial charge in [-0.05, 0) is 35.9 Å². The highest BCUT2D eigenvalue weighted by Crippen LogP contribution is 2.33. The summed E-state index contributed by atoms with van der Waals surface area (Å²) >= 11 is 0. The Morgan fingerprint density at radius 2 is 1.48 bits per heavy atom. The first-order valence-corrected chi connectivity index (χ1v) is 7.28. The van der Waals surface area contributed by atoms with Gasteiger partial charge in [0.15, 0.2) is 0 Å². The molecule has 0 aliphatic rings.